The summed E-state index contributed by atoms with van der Waals surface area (Å²) in [6.07, 6.45) is 1.80. The van der Waals surface area contributed by atoms with Crippen molar-refractivity contribution in [2.45, 2.75) is 38.3 Å². The second-order valence-electron chi connectivity index (χ2n) is 5.51. The first-order chi connectivity index (χ1) is 7.50. The zero-order valence-electron chi connectivity index (χ0n) is 10.3. The Balaban J connectivity index is 2.40. The molecule has 0 saturated carbocycles. The number of hydrogen-bond donors (Lipinski definition) is 1. The van der Waals surface area contributed by atoms with Gasteiger partial charge in [-0.1, -0.05) is 6.92 Å². The molecule has 3 rings (SSSR count). The molecule has 4 atom stereocenters. The Morgan fingerprint density at radius 1 is 1.62 bits per heavy atom. The van der Waals surface area contributed by atoms with Crippen molar-refractivity contribution in [3.05, 3.63) is 0 Å². The average molecular weight is 227 g/mol. The van der Waals surface area contributed by atoms with Gasteiger partial charge < -0.3 is 9.84 Å². The van der Waals surface area contributed by atoms with Gasteiger partial charge in [0.2, 0.25) is 0 Å². The summed E-state index contributed by atoms with van der Waals surface area (Å²) < 4.78 is 5.17. The summed E-state index contributed by atoms with van der Waals surface area (Å²) in [5.41, 5.74) is -1.06. The van der Waals surface area contributed by atoms with Crippen molar-refractivity contribution in [1.82, 2.24) is 4.90 Å². The van der Waals surface area contributed by atoms with Gasteiger partial charge in [-0.05, 0) is 19.8 Å². The third-order valence-electron chi connectivity index (χ3n) is 4.35. The van der Waals surface area contributed by atoms with E-state index in [4.69, 9.17) is 4.74 Å². The third-order valence-corrected chi connectivity index (χ3v) is 4.35. The standard InChI is InChI=1S/C12H21NO3/c1-9-6-11(2)4-5-13(9)12(7-14,8-16-3)10(11)15/h9,14H,4-8H2,1-3H3/t9-,11+,12+/m1/s1. The van der Waals surface area contributed by atoms with Crippen molar-refractivity contribution in [2.75, 3.05) is 26.9 Å². The first kappa shape index (κ1) is 12.0. The first-order valence-electron chi connectivity index (χ1n) is 5.92. The number of aliphatic hydroxyl groups excluding tert-OH is 1. The number of methoxy groups -OCH3 is 1. The van der Waals surface area contributed by atoms with E-state index < -0.39 is 5.54 Å². The lowest BCUT2D eigenvalue weighted by Crippen LogP contribution is -2.74. The van der Waals surface area contributed by atoms with E-state index in [1.54, 1.807) is 7.11 Å². The lowest BCUT2D eigenvalue weighted by Gasteiger charge is -2.59. The minimum atomic E-state index is -0.792. The minimum Gasteiger partial charge on any atom is -0.394 e. The zero-order valence-corrected chi connectivity index (χ0v) is 10.3. The van der Waals surface area contributed by atoms with E-state index >= 15 is 0 Å². The molecule has 16 heavy (non-hydrogen) atoms. The zero-order chi connectivity index (χ0) is 12.0. The van der Waals surface area contributed by atoms with Gasteiger partial charge in [0, 0.05) is 25.1 Å². The number of aliphatic hydroxyl groups is 1. The summed E-state index contributed by atoms with van der Waals surface area (Å²) in [6, 6.07) is 0.346. The van der Waals surface area contributed by atoms with Crippen LogP contribution in [-0.2, 0) is 9.53 Å². The highest BCUT2D eigenvalue weighted by atomic mass is 16.5. The monoisotopic (exact) mass is 227 g/mol. The maximum atomic E-state index is 12.5. The Hall–Kier alpha value is -0.450. The molecule has 0 amide bonds. The summed E-state index contributed by atoms with van der Waals surface area (Å²) in [7, 11) is 1.58. The Morgan fingerprint density at radius 3 is 2.81 bits per heavy atom. The molecule has 3 aliphatic heterocycles. The summed E-state index contributed by atoms with van der Waals surface area (Å²) in [6.45, 7) is 5.20. The van der Waals surface area contributed by atoms with E-state index in [9.17, 15) is 9.90 Å². The second-order valence-corrected chi connectivity index (χ2v) is 5.51. The summed E-state index contributed by atoms with van der Waals surface area (Å²) in [5.74, 6) is 0.161. The second kappa shape index (κ2) is 3.79. The van der Waals surface area contributed by atoms with Crippen LogP contribution >= 0.6 is 0 Å². The highest BCUT2D eigenvalue weighted by Crippen LogP contribution is 2.47. The Kier molecular flexibility index (Phi) is 2.85. The van der Waals surface area contributed by atoms with Gasteiger partial charge in [-0.2, -0.15) is 0 Å². The quantitative estimate of drug-likeness (QED) is 0.760. The van der Waals surface area contributed by atoms with Crippen LogP contribution in [0.15, 0.2) is 0 Å². The van der Waals surface area contributed by atoms with E-state index in [1.165, 1.54) is 0 Å². The van der Waals surface area contributed by atoms with Crippen LogP contribution < -0.4 is 0 Å². The van der Waals surface area contributed by atoms with Crippen LogP contribution in [0.1, 0.15) is 26.7 Å². The van der Waals surface area contributed by atoms with Crippen LogP contribution in [0.4, 0.5) is 0 Å². The molecule has 0 aromatic rings. The van der Waals surface area contributed by atoms with Gasteiger partial charge in [-0.3, -0.25) is 9.69 Å². The smallest absolute Gasteiger partial charge is 0.163 e. The maximum Gasteiger partial charge on any atom is 0.163 e. The third kappa shape index (κ3) is 1.36. The molecule has 2 bridgehead atoms. The molecule has 4 heteroatoms. The molecule has 92 valence electrons. The van der Waals surface area contributed by atoms with Gasteiger partial charge in [0.25, 0.3) is 0 Å². The highest BCUT2D eigenvalue weighted by Gasteiger charge is 2.60. The molecule has 0 aromatic carbocycles. The van der Waals surface area contributed by atoms with E-state index in [2.05, 4.69) is 11.8 Å². The molecule has 0 aromatic heterocycles. The predicted octanol–water partition coefficient (Wildman–Crippen LogP) is 0.437. The summed E-state index contributed by atoms with van der Waals surface area (Å²) in [4.78, 5) is 14.6. The number of hydrogen-bond acceptors (Lipinski definition) is 4. The fourth-order valence-electron chi connectivity index (χ4n) is 3.58. The first-order valence-corrected chi connectivity index (χ1v) is 5.92. The number of piperidine rings is 3. The highest BCUT2D eigenvalue weighted by molar-refractivity contribution is 5.95. The molecule has 0 radical (unpaired) electrons. The minimum absolute atomic E-state index is 0.139. The van der Waals surface area contributed by atoms with Crippen LogP contribution in [-0.4, -0.2) is 54.2 Å². The summed E-state index contributed by atoms with van der Waals surface area (Å²) >= 11 is 0. The molecule has 3 fully saturated rings. The SMILES string of the molecule is COC[C@@]1(CO)C(=O)[C@@]2(C)CCN1[C@H](C)C2. The van der Waals surface area contributed by atoms with Gasteiger partial charge >= 0.3 is 0 Å². The molecule has 4 nitrogen and oxygen atoms in total. The number of ketones is 1. The van der Waals surface area contributed by atoms with Crippen LogP contribution in [0.25, 0.3) is 0 Å². The van der Waals surface area contributed by atoms with Crippen molar-refractivity contribution in [2.24, 2.45) is 5.41 Å². The van der Waals surface area contributed by atoms with Gasteiger partial charge in [0.05, 0.1) is 13.2 Å². The van der Waals surface area contributed by atoms with Gasteiger partial charge in [-0.15, -0.1) is 0 Å². The average Bonchev–Trinajstić information content (AvgIpc) is 2.24. The van der Waals surface area contributed by atoms with E-state index in [0.717, 1.165) is 19.4 Å². The number of carbonyl (C=O) groups is 1. The molecule has 0 aliphatic carbocycles. The van der Waals surface area contributed by atoms with E-state index in [-0.39, 0.29) is 17.8 Å². The van der Waals surface area contributed by atoms with Crippen molar-refractivity contribution < 1.29 is 14.6 Å². The summed E-state index contributed by atoms with van der Waals surface area (Å²) in [5, 5.41) is 9.65. The molecule has 1 N–H and O–H groups in total. The van der Waals surface area contributed by atoms with Gasteiger partial charge in [0.15, 0.2) is 5.78 Å². The number of fused-ring (bicyclic) bond motifs is 3. The number of nitrogens with zero attached hydrogens (tertiary/aromatic N) is 1. The van der Waals surface area contributed by atoms with Crippen LogP contribution in [0, 0.1) is 5.41 Å². The Labute approximate surface area is 96.6 Å². The Bertz CT molecular complexity index is 307. The number of ether oxygens (including phenoxy) is 1. The lowest BCUT2D eigenvalue weighted by molar-refractivity contribution is -0.177. The van der Waals surface area contributed by atoms with Crippen LogP contribution in [0.3, 0.4) is 0 Å². The molecular formula is C12H21NO3. The van der Waals surface area contributed by atoms with Crippen molar-refractivity contribution >= 4 is 5.78 Å². The molecule has 3 heterocycles. The van der Waals surface area contributed by atoms with Gasteiger partial charge in [-0.25, -0.2) is 0 Å². The maximum absolute atomic E-state index is 12.5. The molecular weight excluding hydrogens is 206 g/mol. The fourth-order valence-corrected chi connectivity index (χ4v) is 3.58. The molecule has 1 unspecified atom stereocenters. The Morgan fingerprint density at radius 2 is 2.31 bits per heavy atom. The topological polar surface area (TPSA) is 49.8 Å². The number of rotatable bonds is 3. The van der Waals surface area contributed by atoms with E-state index in [0.29, 0.717) is 12.6 Å². The van der Waals surface area contributed by atoms with Gasteiger partial charge in [0.1, 0.15) is 5.54 Å². The van der Waals surface area contributed by atoms with Crippen molar-refractivity contribution in [3.8, 4) is 0 Å². The molecule has 3 aliphatic rings. The van der Waals surface area contributed by atoms with Crippen LogP contribution in [0.2, 0.25) is 0 Å². The van der Waals surface area contributed by atoms with Crippen molar-refractivity contribution in [3.63, 3.8) is 0 Å². The number of Topliss-reactive ketones (excluding diaryl/α,β-unsaturated/α-hetero) is 1. The fraction of sp³-hybridized carbons (Fsp3) is 0.917. The van der Waals surface area contributed by atoms with Crippen molar-refractivity contribution in [1.29, 1.82) is 0 Å². The number of carbonyl (C=O) groups excluding carboxylic acids is 1. The predicted molar refractivity (Wildman–Crippen MR) is 60.2 cm³/mol. The van der Waals surface area contributed by atoms with Crippen LogP contribution in [0.5, 0.6) is 0 Å². The normalized spacial score (nSPS) is 47.4. The molecule has 0 spiro atoms. The lowest BCUT2D eigenvalue weighted by atomic mass is 9.62. The largest absolute Gasteiger partial charge is 0.394 e. The molecule has 3 saturated heterocycles. The van der Waals surface area contributed by atoms with E-state index in [1.807, 2.05) is 6.92 Å².